The lowest BCUT2D eigenvalue weighted by Gasteiger charge is -2.11. The topological polar surface area (TPSA) is 78.4 Å². The molecule has 6 nitrogen and oxygen atoms in total. The zero-order valence-electron chi connectivity index (χ0n) is 15.5. The van der Waals surface area contributed by atoms with Crippen molar-refractivity contribution in [2.75, 3.05) is 18.4 Å². The van der Waals surface area contributed by atoms with Gasteiger partial charge in [-0.15, -0.1) is 24.0 Å². The van der Waals surface area contributed by atoms with E-state index in [1.807, 2.05) is 26.0 Å². The Morgan fingerprint density at radius 1 is 1.15 bits per heavy atom. The third-order valence-electron chi connectivity index (χ3n) is 3.48. The summed E-state index contributed by atoms with van der Waals surface area (Å²) in [5.74, 6) is 0.770. The Balaban J connectivity index is 0.00000364. The Labute approximate surface area is 176 Å². The van der Waals surface area contributed by atoms with E-state index in [0.717, 1.165) is 11.3 Å². The molecule has 0 atom stereocenters. The van der Waals surface area contributed by atoms with E-state index < -0.39 is 0 Å². The number of hydrogen-bond donors (Lipinski definition) is 3. The average molecular weight is 485 g/mol. The van der Waals surface area contributed by atoms with Crippen LogP contribution in [0.1, 0.15) is 24.6 Å². The van der Waals surface area contributed by atoms with Gasteiger partial charge in [-0.25, -0.2) is 14.4 Å². The van der Waals surface area contributed by atoms with Crippen molar-refractivity contribution in [1.82, 2.24) is 15.6 Å². The van der Waals surface area contributed by atoms with Crippen LogP contribution in [0, 0.1) is 12.7 Å². The number of pyridine rings is 1. The predicted molar refractivity (Wildman–Crippen MR) is 117 cm³/mol. The van der Waals surface area contributed by atoms with Crippen molar-refractivity contribution in [3.8, 4) is 0 Å². The van der Waals surface area contributed by atoms with Crippen LogP contribution in [-0.2, 0) is 11.3 Å². The number of guanidine groups is 1. The molecule has 1 amide bonds. The first-order valence-corrected chi connectivity index (χ1v) is 8.57. The van der Waals surface area contributed by atoms with Crippen LogP contribution in [-0.4, -0.2) is 29.9 Å². The number of nitrogens with one attached hydrogen (secondary N) is 3. The molecular weight excluding hydrogens is 460 g/mol. The van der Waals surface area contributed by atoms with Gasteiger partial charge in [-0.2, -0.15) is 0 Å². The number of carbonyl (C=O) groups excluding carboxylic acids is 1. The van der Waals surface area contributed by atoms with Gasteiger partial charge in [-0.1, -0.05) is 18.2 Å². The fourth-order valence-electron chi connectivity index (χ4n) is 2.21. The molecule has 0 saturated carbocycles. The van der Waals surface area contributed by atoms with Gasteiger partial charge >= 0.3 is 0 Å². The summed E-state index contributed by atoms with van der Waals surface area (Å²) in [6.07, 6.45) is 0.288. The number of rotatable bonds is 7. The maximum absolute atomic E-state index is 12.9. The number of halogens is 2. The lowest BCUT2D eigenvalue weighted by molar-refractivity contribution is -0.116. The Bertz CT molecular complexity index is 752. The highest BCUT2D eigenvalue weighted by Gasteiger charge is 2.04. The van der Waals surface area contributed by atoms with Gasteiger partial charge in [-0.3, -0.25) is 4.79 Å². The first-order valence-electron chi connectivity index (χ1n) is 8.57. The third kappa shape index (κ3) is 8.80. The SMILES string of the molecule is CCNC(=NCc1ccc(F)cc1)NCCC(=O)Nc1cccc(C)n1.I. The summed E-state index contributed by atoms with van der Waals surface area (Å²) in [6, 6.07) is 11.7. The number of carbonyl (C=O) groups is 1. The number of aliphatic imine (C=N–C) groups is 1. The molecule has 146 valence electrons. The quantitative estimate of drug-likeness (QED) is 0.320. The Kier molecular flexibility index (Phi) is 10.3. The van der Waals surface area contributed by atoms with Crippen molar-refractivity contribution in [3.05, 3.63) is 59.5 Å². The molecule has 2 aromatic rings. The van der Waals surface area contributed by atoms with Gasteiger partial charge < -0.3 is 16.0 Å². The molecule has 0 saturated heterocycles. The van der Waals surface area contributed by atoms with Gasteiger partial charge in [0.2, 0.25) is 5.91 Å². The van der Waals surface area contributed by atoms with Crippen LogP contribution in [0.3, 0.4) is 0 Å². The fraction of sp³-hybridized carbons (Fsp3) is 0.316. The molecule has 0 spiro atoms. The molecule has 27 heavy (non-hydrogen) atoms. The van der Waals surface area contributed by atoms with Crippen molar-refractivity contribution < 1.29 is 9.18 Å². The molecular formula is C19H25FIN5O. The van der Waals surface area contributed by atoms with E-state index in [-0.39, 0.29) is 42.1 Å². The zero-order chi connectivity index (χ0) is 18.8. The molecule has 0 bridgehead atoms. The minimum atomic E-state index is -0.267. The van der Waals surface area contributed by atoms with Gasteiger partial charge in [0.05, 0.1) is 6.54 Å². The maximum Gasteiger partial charge on any atom is 0.227 e. The van der Waals surface area contributed by atoms with E-state index in [9.17, 15) is 9.18 Å². The van der Waals surface area contributed by atoms with E-state index in [0.29, 0.717) is 31.4 Å². The van der Waals surface area contributed by atoms with Crippen molar-refractivity contribution in [3.63, 3.8) is 0 Å². The normalized spacial score (nSPS) is 10.7. The number of aryl methyl sites for hydroxylation is 1. The van der Waals surface area contributed by atoms with Crippen molar-refractivity contribution in [2.24, 2.45) is 4.99 Å². The average Bonchev–Trinajstić information content (AvgIpc) is 2.61. The zero-order valence-corrected chi connectivity index (χ0v) is 17.8. The molecule has 1 aromatic carbocycles. The van der Waals surface area contributed by atoms with Crippen LogP contribution in [0.15, 0.2) is 47.5 Å². The molecule has 0 aliphatic heterocycles. The van der Waals surface area contributed by atoms with Gasteiger partial charge in [0.15, 0.2) is 5.96 Å². The van der Waals surface area contributed by atoms with E-state index in [2.05, 4.69) is 25.9 Å². The summed E-state index contributed by atoms with van der Waals surface area (Å²) < 4.78 is 12.9. The summed E-state index contributed by atoms with van der Waals surface area (Å²) >= 11 is 0. The maximum atomic E-state index is 12.9. The summed E-state index contributed by atoms with van der Waals surface area (Å²) in [6.45, 7) is 5.40. The van der Waals surface area contributed by atoms with Gasteiger partial charge in [-0.05, 0) is 43.7 Å². The molecule has 3 N–H and O–H groups in total. The number of anilines is 1. The minimum Gasteiger partial charge on any atom is -0.357 e. The number of nitrogens with zero attached hydrogens (tertiary/aromatic N) is 2. The standard InChI is InChI=1S/C19H24FN5O.HI/c1-3-21-19(23-13-15-7-9-16(20)10-8-15)22-12-11-18(26)25-17-6-4-5-14(2)24-17;/h4-10H,3,11-13H2,1-2H3,(H2,21,22,23)(H,24,25,26);1H. The van der Waals surface area contributed by atoms with E-state index in [4.69, 9.17) is 0 Å². The van der Waals surface area contributed by atoms with Crippen LogP contribution >= 0.6 is 24.0 Å². The van der Waals surface area contributed by atoms with Crippen LogP contribution in [0.4, 0.5) is 10.2 Å². The largest absolute Gasteiger partial charge is 0.357 e. The lowest BCUT2D eigenvalue weighted by atomic mass is 10.2. The third-order valence-corrected chi connectivity index (χ3v) is 3.48. The molecule has 0 aliphatic rings. The highest BCUT2D eigenvalue weighted by molar-refractivity contribution is 14.0. The molecule has 1 aromatic heterocycles. The molecule has 8 heteroatoms. The molecule has 1 heterocycles. The van der Waals surface area contributed by atoms with Crippen molar-refractivity contribution in [1.29, 1.82) is 0 Å². The Hall–Kier alpha value is -2.23. The fourth-order valence-corrected chi connectivity index (χ4v) is 2.21. The summed E-state index contributed by atoms with van der Waals surface area (Å²) in [4.78, 5) is 20.7. The second-order valence-electron chi connectivity index (χ2n) is 5.71. The molecule has 0 fully saturated rings. The number of amides is 1. The highest BCUT2D eigenvalue weighted by Crippen LogP contribution is 2.05. The van der Waals surface area contributed by atoms with E-state index in [1.165, 1.54) is 12.1 Å². The molecule has 0 unspecified atom stereocenters. The Morgan fingerprint density at radius 2 is 1.89 bits per heavy atom. The van der Waals surface area contributed by atoms with Crippen molar-refractivity contribution >= 4 is 41.7 Å². The van der Waals surface area contributed by atoms with Gasteiger partial charge in [0, 0.05) is 25.2 Å². The van der Waals surface area contributed by atoms with Crippen molar-refractivity contribution in [2.45, 2.75) is 26.8 Å². The first kappa shape index (κ1) is 22.8. The number of benzene rings is 1. The van der Waals surface area contributed by atoms with Gasteiger partial charge in [0.1, 0.15) is 11.6 Å². The monoisotopic (exact) mass is 485 g/mol. The Morgan fingerprint density at radius 3 is 2.56 bits per heavy atom. The first-order chi connectivity index (χ1) is 12.6. The highest BCUT2D eigenvalue weighted by atomic mass is 127. The van der Waals surface area contributed by atoms with E-state index in [1.54, 1.807) is 18.2 Å². The van der Waals surface area contributed by atoms with Crippen LogP contribution < -0.4 is 16.0 Å². The lowest BCUT2D eigenvalue weighted by Crippen LogP contribution is -2.38. The molecule has 2 rings (SSSR count). The van der Waals surface area contributed by atoms with Crippen LogP contribution in [0.25, 0.3) is 0 Å². The second kappa shape index (κ2) is 12.2. The second-order valence-corrected chi connectivity index (χ2v) is 5.71. The predicted octanol–water partition coefficient (Wildman–Crippen LogP) is 3.23. The summed E-state index contributed by atoms with van der Waals surface area (Å²) in [5, 5.41) is 9.00. The summed E-state index contributed by atoms with van der Waals surface area (Å²) in [7, 11) is 0. The molecule has 0 radical (unpaired) electrons. The molecule has 0 aliphatic carbocycles. The smallest absolute Gasteiger partial charge is 0.227 e. The van der Waals surface area contributed by atoms with Crippen LogP contribution in [0.2, 0.25) is 0 Å². The summed E-state index contributed by atoms with van der Waals surface area (Å²) in [5.41, 5.74) is 1.76. The van der Waals surface area contributed by atoms with Crippen LogP contribution in [0.5, 0.6) is 0 Å². The van der Waals surface area contributed by atoms with Gasteiger partial charge in [0.25, 0.3) is 0 Å². The number of hydrogen-bond acceptors (Lipinski definition) is 3. The minimum absolute atomic E-state index is 0. The van der Waals surface area contributed by atoms with E-state index >= 15 is 0 Å². The number of aromatic nitrogens is 1.